The van der Waals surface area contributed by atoms with E-state index in [-0.39, 0.29) is 18.2 Å². The van der Waals surface area contributed by atoms with Crippen molar-refractivity contribution in [3.8, 4) is 11.3 Å². The number of nitrogen functional groups attached to an aromatic ring is 1. The summed E-state index contributed by atoms with van der Waals surface area (Å²) in [6, 6.07) is 4.93. The predicted molar refractivity (Wildman–Crippen MR) is 127 cm³/mol. The Morgan fingerprint density at radius 2 is 2.06 bits per heavy atom. The quantitative estimate of drug-likeness (QED) is 0.552. The zero-order valence-electron chi connectivity index (χ0n) is 19.2. The normalized spacial score (nSPS) is 20.4. The highest BCUT2D eigenvalue weighted by molar-refractivity contribution is 5.98. The number of ether oxygens (including phenoxy) is 1. The third kappa shape index (κ3) is 4.41. The van der Waals surface area contributed by atoms with Gasteiger partial charge >= 0.3 is 0 Å². The molecule has 1 amide bonds. The van der Waals surface area contributed by atoms with Crippen LogP contribution in [0.4, 0.5) is 14.6 Å². The minimum atomic E-state index is -0.832. The minimum Gasteiger partial charge on any atom is -0.383 e. The summed E-state index contributed by atoms with van der Waals surface area (Å²) < 4.78 is 35.8. The van der Waals surface area contributed by atoms with E-state index in [4.69, 9.17) is 15.6 Å². The van der Waals surface area contributed by atoms with E-state index in [0.29, 0.717) is 28.1 Å². The lowest BCUT2D eigenvalue weighted by atomic mass is 9.96. The molecular formula is C25H26F2N6O2. The number of anilines is 1. The van der Waals surface area contributed by atoms with Crippen molar-refractivity contribution < 1.29 is 18.3 Å². The maximum absolute atomic E-state index is 15.1. The number of methoxy groups -OCH3 is 1. The van der Waals surface area contributed by atoms with Crippen LogP contribution < -0.4 is 11.1 Å². The third-order valence-corrected chi connectivity index (χ3v) is 6.68. The van der Waals surface area contributed by atoms with Gasteiger partial charge in [-0.3, -0.25) is 4.79 Å². The molecule has 0 spiro atoms. The molecule has 8 nitrogen and oxygen atoms in total. The molecule has 2 aliphatic rings. The molecule has 1 saturated carbocycles. The zero-order chi connectivity index (χ0) is 24.5. The highest BCUT2D eigenvalue weighted by atomic mass is 19.1. The Hall–Kier alpha value is -3.66. The van der Waals surface area contributed by atoms with E-state index >= 15 is 4.39 Å². The first kappa shape index (κ1) is 23.1. The fraction of sp³-hybridized carbons (Fsp3) is 0.360. The molecule has 5 rings (SSSR count). The molecule has 182 valence electrons. The number of hydrogen-bond acceptors (Lipinski definition) is 6. The van der Waals surface area contributed by atoms with Gasteiger partial charge in [0.2, 0.25) is 5.91 Å². The number of amides is 1. The van der Waals surface area contributed by atoms with Crippen LogP contribution in [0, 0.1) is 11.7 Å². The van der Waals surface area contributed by atoms with Gasteiger partial charge in [0.25, 0.3) is 0 Å². The molecule has 2 atom stereocenters. The minimum absolute atomic E-state index is 0.0560. The number of nitrogens with one attached hydrogen (secondary N) is 1. The highest BCUT2D eigenvalue weighted by Gasteiger charge is 2.28. The molecule has 0 radical (unpaired) electrons. The number of allylic oxidation sites excluding steroid dienone is 2. The Balaban J connectivity index is 1.39. The summed E-state index contributed by atoms with van der Waals surface area (Å²) in [6.07, 6.45) is 9.03. The number of nitrogens with zero attached hydrogens (tertiary/aromatic N) is 4. The molecular weight excluding hydrogens is 454 g/mol. The Morgan fingerprint density at radius 3 is 2.80 bits per heavy atom. The number of aromatic nitrogens is 4. The summed E-state index contributed by atoms with van der Waals surface area (Å²) in [5.74, 6) is -2.01. The number of nitrogens with two attached hydrogens (primary N) is 1. The van der Waals surface area contributed by atoms with Crippen LogP contribution in [0.2, 0.25) is 0 Å². The SMILES string of the molecule is COC1C=CC(F)=CC1C(=O)NCc1ccc(-c2nn(C3CCCC3)c3ncnc(N)c23)cc1F. The number of hydrogen-bond donors (Lipinski definition) is 2. The van der Waals surface area contributed by atoms with E-state index in [9.17, 15) is 9.18 Å². The first-order valence-corrected chi connectivity index (χ1v) is 11.6. The predicted octanol–water partition coefficient (Wildman–Crippen LogP) is 4.00. The Bertz CT molecular complexity index is 1330. The highest BCUT2D eigenvalue weighted by Crippen LogP contribution is 2.36. The van der Waals surface area contributed by atoms with Gasteiger partial charge in [0.1, 0.15) is 29.5 Å². The molecule has 1 fully saturated rings. The topological polar surface area (TPSA) is 108 Å². The van der Waals surface area contributed by atoms with E-state index < -0.39 is 29.6 Å². The van der Waals surface area contributed by atoms with Crippen LogP contribution in [0.25, 0.3) is 22.3 Å². The first-order valence-electron chi connectivity index (χ1n) is 11.6. The number of carbonyl (C=O) groups is 1. The number of carbonyl (C=O) groups excluding carboxylic acids is 1. The van der Waals surface area contributed by atoms with Crippen molar-refractivity contribution >= 4 is 22.8 Å². The second-order valence-corrected chi connectivity index (χ2v) is 8.85. The molecule has 0 aliphatic heterocycles. The lowest BCUT2D eigenvalue weighted by Gasteiger charge is -2.22. The van der Waals surface area contributed by atoms with Crippen LogP contribution in [0.1, 0.15) is 37.3 Å². The van der Waals surface area contributed by atoms with Crippen LogP contribution in [-0.2, 0) is 16.1 Å². The van der Waals surface area contributed by atoms with Gasteiger partial charge < -0.3 is 15.8 Å². The number of fused-ring (bicyclic) bond motifs is 1. The molecule has 1 aromatic carbocycles. The lowest BCUT2D eigenvalue weighted by Crippen LogP contribution is -2.37. The van der Waals surface area contributed by atoms with Crippen LogP contribution in [0.3, 0.4) is 0 Å². The molecule has 2 heterocycles. The van der Waals surface area contributed by atoms with Gasteiger partial charge in [-0.05, 0) is 31.1 Å². The summed E-state index contributed by atoms with van der Waals surface area (Å²) in [6.45, 7) is -0.0560. The molecule has 3 aromatic rings. The molecule has 2 aromatic heterocycles. The average molecular weight is 481 g/mol. The van der Waals surface area contributed by atoms with Crippen LogP contribution in [0.15, 0.2) is 48.6 Å². The zero-order valence-corrected chi connectivity index (χ0v) is 19.2. The van der Waals surface area contributed by atoms with Crippen LogP contribution in [-0.4, -0.2) is 38.9 Å². The fourth-order valence-electron chi connectivity index (χ4n) is 4.82. The largest absolute Gasteiger partial charge is 0.383 e. The summed E-state index contributed by atoms with van der Waals surface area (Å²) in [5.41, 5.74) is 8.17. The summed E-state index contributed by atoms with van der Waals surface area (Å²) in [5, 5.41) is 8.04. The van der Waals surface area contributed by atoms with Crippen LogP contribution in [0.5, 0.6) is 0 Å². The fourth-order valence-corrected chi connectivity index (χ4v) is 4.82. The van der Waals surface area contributed by atoms with Crippen molar-refractivity contribution in [2.75, 3.05) is 12.8 Å². The molecule has 3 N–H and O–H groups in total. The number of benzene rings is 1. The van der Waals surface area contributed by atoms with Crippen molar-refractivity contribution in [2.24, 2.45) is 5.92 Å². The summed E-state index contributed by atoms with van der Waals surface area (Å²) in [4.78, 5) is 21.1. The van der Waals surface area contributed by atoms with Crippen molar-refractivity contribution in [1.82, 2.24) is 25.1 Å². The summed E-state index contributed by atoms with van der Waals surface area (Å²) >= 11 is 0. The Kier molecular flexibility index (Phi) is 6.29. The molecule has 35 heavy (non-hydrogen) atoms. The molecule has 10 heteroatoms. The van der Waals surface area contributed by atoms with Gasteiger partial charge in [-0.15, -0.1) is 0 Å². The Labute approximate surface area is 200 Å². The van der Waals surface area contributed by atoms with Crippen molar-refractivity contribution in [3.05, 3.63) is 60.0 Å². The first-order chi connectivity index (χ1) is 17.0. The maximum Gasteiger partial charge on any atom is 0.230 e. The van der Waals surface area contributed by atoms with E-state index in [0.717, 1.165) is 25.7 Å². The van der Waals surface area contributed by atoms with E-state index in [1.807, 2.05) is 4.68 Å². The Morgan fingerprint density at radius 1 is 1.26 bits per heavy atom. The smallest absolute Gasteiger partial charge is 0.230 e. The van der Waals surface area contributed by atoms with E-state index in [2.05, 4.69) is 15.3 Å². The lowest BCUT2D eigenvalue weighted by molar-refractivity contribution is -0.126. The third-order valence-electron chi connectivity index (χ3n) is 6.68. The van der Waals surface area contributed by atoms with Crippen molar-refractivity contribution in [3.63, 3.8) is 0 Å². The monoisotopic (exact) mass is 480 g/mol. The molecule has 2 unspecified atom stereocenters. The van der Waals surface area contributed by atoms with Crippen LogP contribution >= 0.6 is 0 Å². The second-order valence-electron chi connectivity index (χ2n) is 8.85. The molecule has 2 aliphatic carbocycles. The van der Waals surface area contributed by atoms with Crippen molar-refractivity contribution in [1.29, 1.82) is 0 Å². The van der Waals surface area contributed by atoms with Crippen molar-refractivity contribution in [2.45, 2.75) is 44.4 Å². The summed E-state index contributed by atoms with van der Waals surface area (Å²) in [7, 11) is 1.44. The second kappa shape index (κ2) is 9.53. The number of halogens is 2. The standard InChI is InChI=1S/C25H26F2N6O2/c1-35-20-9-8-16(26)11-18(20)25(34)29-12-15-7-6-14(10-19(15)27)22-21-23(28)30-13-31-24(21)33(32-22)17-4-2-3-5-17/h6-11,13,17-18,20H,2-5,12H2,1H3,(H,29,34)(H2,28,30,31). The van der Waals surface area contributed by atoms with Gasteiger partial charge in [-0.25, -0.2) is 23.4 Å². The van der Waals surface area contributed by atoms with Gasteiger partial charge in [-0.1, -0.05) is 31.1 Å². The molecule has 0 bridgehead atoms. The number of rotatable bonds is 6. The van der Waals surface area contributed by atoms with Gasteiger partial charge in [0.05, 0.1) is 23.4 Å². The van der Waals surface area contributed by atoms with E-state index in [1.54, 1.807) is 12.1 Å². The maximum atomic E-state index is 15.1. The average Bonchev–Trinajstić information content (AvgIpc) is 3.52. The van der Waals surface area contributed by atoms with Gasteiger partial charge in [0, 0.05) is 24.8 Å². The van der Waals surface area contributed by atoms with Gasteiger partial charge in [0.15, 0.2) is 5.65 Å². The van der Waals surface area contributed by atoms with E-state index in [1.165, 1.54) is 37.7 Å². The molecule has 0 saturated heterocycles. The van der Waals surface area contributed by atoms with Gasteiger partial charge in [-0.2, -0.15) is 5.10 Å².